The van der Waals surface area contributed by atoms with E-state index in [0.29, 0.717) is 0 Å². The molecule has 0 radical (unpaired) electrons. The number of aromatic nitrogens is 2. The first-order valence-electron chi connectivity index (χ1n) is 4.91. The van der Waals surface area contributed by atoms with Crippen LogP contribution in [-0.4, -0.2) is 22.9 Å². The molecular formula is C11H13N3OS. The number of anilines is 1. The molecule has 2 rings (SSSR count). The Morgan fingerprint density at radius 1 is 1.62 bits per heavy atom. The van der Waals surface area contributed by atoms with Gasteiger partial charge in [0.25, 0.3) is 0 Å². The fourth-order valence-electron chi connectivity index (χ4n) is 1.46. The van der Waals surface area contributed by atoms with Crippen LogP contribution < -0.4 is 4.90 Å². The molecule has 2 heterocycles. The highest BCUT2D eigenvalue weighted by Gasteiger charge is 2.07. The van der Waals surface area contributed by atoms with Gasteiger partial charge in [0.15, 0.2) is 6.29 Å². The number of nitrogens with zero attached hydrogens (tertiary/aromatic N) is 3. The number of aldehydes is 1. The molecule has 16 heavy (non-hydrogen) atoms. The highest BCUT2D eigenvalue weighted by Crippen LogP contribution is 2.21. The van der Waals surface area contributed by atoms with Crippen LogP contribution in [0.15, 0.2) is 23.8 Å². The largest absolute Gasteiger partial charge is 0.366 e. The Morgan fingerprint density at radius 3 is 3.00 bits per heavy atom. The molecule has 2 aromatic rings. The van der Waals surface area contributed by atoms with Crippen LogP contribution in [0.25, 0.3) is 0 Å². The minimum absolute atomic E-state index is 0.735. The molecule has 0 N–H and O–H groups in total. The third-order valence-electron chi connectivity index (χ3n) is 2.46. The predicted molar refractivity (Wildman–Crippen MR) is 65.0 cm³/mol. The van der Waals surface area contributed by atoms with Crippen molar-refractivity contribution in [1.82, 2.24) is 9.55 Å². The third kappa shape index (κ3) is 2.14. The van der Waals surface area contributed by atoms with Crippen LogP contribution in [0, 0.1) is 0 Å². The van der Waals surface area contributed by atoms with Crippen molar-refractivity contribution in [3.05, 3.63) is 34.5 Å². The standard InChI is InChI=1S/C11H13N3OS/c1-13-4-3-12-11(13)6-14(2)9-5-10(7-15)16-8-9/h3-5,7-8H,6H2,1-2H3. The molecule has 0 aromatic carbocycles. The molecule has 4 nitrogen and oxygen atoms in total. The molecule has 0 atom stereocenters. The van der Waals surface area contributed by atoms with Gasteiger partial charge in [-0.25, -0.2) is 4.98 Å². The van der Waals surface area contributed by atoms with Crippen LogP contribution in [0.2, 0.25) is 0 Å². The first-order chi connectivity index (χ1) is 7.70. The van der Waals surface area contributed by atoms with Crippen molar-refractivity contribution in [2.45, 2.75) is 6.54 Å². The second-order valence-corrected chi connectivity index (χ2v) is 4.58. The number of hydrogen-bond donors (Lipinski definition) is 0. The molecule has 0 fully saturated rings. The SMILES string of the molecule is CN(Cc1nccn1C)c1csc(C=O)c1. The smallest absolute Gasteiger partial charge is 0.160 e. The van der Waals surface area contributed by atoms with E-state index in [-0.39, 0.29) is 0 Å². The van der Waals surface area contributed by atoms with Gasteiger partial charge >= 0.3 is 0 Å². The van der Waals surface area contributed by atoms with Gasteiger partial charge in [0.05, 0.1) is 11.4 Å². The van der Waals surface area contributed by atoms with Gasteiger partial charge < -0.3 is 9.47 Å². The van der Waals surface area contributed by atoms with E-state index in [9.17, 15) is 4.79 Å². The van der Waals surface area contributed by atoms with Crippen molar-refractivity contribution in [2.75, 3.05) is 11.9 Å². The van der Waals surface area contributed by atoms with Crippen molar-refractivity contribution in [2.24, 2.45) is 7.05 Å². The van der Waals surface area contributed by atoms with Gasteiger partial charge in [0.1, 0.15) is 5.82 Å². The maximum absolute atomic E-state index is 10.6. The summed E-state index contributed by atoms with van der Waals surface area (Å²) in [4.78, 5) is 17.7. The van der Waals surface area contributed by atoms with E-state index in [1.165, 1.54) is 11.3 Å². The average Bonchev–Trinajstić information content (AvgIpc) is 2.88. The summed E-state index contributed by atoms with van der Waals surface area (Å²) in [6, 6.07) is 1.89. The molecular weight excluding hydrogens is 222 g/mol. The maximum atomic E-state index is 10.6. The molecule has 0 bridgehead atoms. The van der Waals surface area contributed by atoms with Crippen LogP contribution in [0.3, 0.4) is 0 Å². The fourth-order valence-corrected chi connectivity index (χ4v) is 2.21. The van der Waals surface area contributed by atoms with Gasteiger partial charge in [-0.05, 0) is 6.07 Å². The minimum atomic E-state index is 0.735. The predicted octanol–water partition coefficient (Wildman–Crippen LogP) is 1.93. The Kier molecular flexibility index (Phi) is 3.05. The van der Waals surface area contributed by atoms with Gasteiger partial charge in [-0.2, -0.15) is 0 Å². The number of rotatable bonds is 4. The fraction of sp³-hybridized carbons (Fsp3) is 0.273. The lowest BCUT2D eigenvalue weighted by Gasteiger charge is -2.16. The minimum Gasteiger partial charge on any atom is -0.366 e. The summed E-state index contributed by atoms with van der Waals surface area (Å²) >= 11 is 1.46. The lowest BCUT2D eigenvalue weighted by atomic mass is 10.4. The van der Waals surface area contributed by atoms with E-state index in [1.807, 2.05) is 36.3 Å². The lowest BCUT2D eigenvalue weighted by Crippen LogP contribution is -2.18. The van der Waals surface area contributed by atoms with Crippen molar-refractivity contribution in [3.8, 4) is 0 Å². The molecule has 0 saturated heterocycles. The Bertz CT molecular complexity index is 489. The Balaban J connectivity index is 2.11. The second-order valence-electron chi connectivity index (χ2n) is 3.64. The van der Waals surface area contributed by atoms with Crippen LogP contribution >= 0.6 is 11.3 Å². The van der Waals surface area contributed by atoms with Gasteiger partial charge in [-0.1, -0.05) is 0 Å². The zero-order chi connectivity index (χ0) is 11.5. The molecule has 0 spiro atoms. The molecule has 2 aromatic heterocycles. The van der Waals surface area contributed by atoms with E-state index in [2.05, 4.69) is 9.88 Å². The maximum Gasteiger partial charge on any atom is 0.160 e. The highest BCUT2D eigenvalue weighted by molar-refractivity contribution is 7.12. The second kappa shape index (κ2) is 4.49. The summed E-state index contributed by atoms with van der Waals surface area (Å²) < 4.78 is 1.99. The molecule has 0 saturated carbocycles. The van der Waals surface area contributed by atoms with Crippen LogP contribution in [-0.2, 0) is 13.6 Å². The summed E-state index contributed by atoms with van der Waals surface area (Å²) in [6.45, 7) is 0.735. The van der Waals surface area contributed by atoms with Crippen LogP contribution in [0.4, 0.5) is 5.69 Å². The average molecular weight is 235 g/mol. The zero-order valence-corrected chi connectivity index (χ0v) is 10.1. The lowest BCUT2D eigenvalue weighted by molar-refractivity contribution is 0.112. The topological polar surface area (TPSA) is 38.1 Å². The van der Waals surface area contributed by atoms with Gasteiger partial charge in [0.2, 0.25) is 0 Å². The van der Waals surface area contributed by atoms with Crippen LogP contribution in [0.5, 0.6) is 0 Å². The molecule has 0 aliphatic carbocycles. The number of imidazole rings is 1. The quantitative estimate of drug-likeness (QED) is 0.760. The van der Waals surface area contributed by atoms with Gasteiger partial charge in [-0.15, -0.1) is 11.3 Å². The van der Waals surface area contributed by atoms with E-state index in [0.717, 1.165) is 29.2 Å². The molecule has 0 unspecified atom stereocenters. The summed E-state index contributed by atoms with van der Waals surface area (Å²) in [5, 5.41) is 1.98. The van der Waals surface area contributed by atoms with Crippen molar-refractivity contribution < 1.29 is 4.79 Å². The summed E-state index contributed by atoms with van der Waals surface area (Å²) in [5.74, 6) is 1.00. The molecule has 0 aliphatic rings. The number of hydrogen-bond acceptors (Lipinski definition) is 4. The van der Waals surface area contributed by atoms with E-state index >= 15 is 0 Å². The third-order valence-corrected chi connectivity index (χ3v) is 3.31. The molecule has 84 valence electrons. The number of carbonyl (C=O) groups is 1. The number of aryl methyl sites for hydroxylation is 1. The summed E-state index contributed by atoms with van der Waals surface area (Å²) in [7, 11) is 3.96. The highest BCUT2D eigenvalue weighted by atomic mass is 32.1. The number of thiophene rings is 1. The summed E-state index contributed by atoms with van der Waals surface area (Å²) in [6.07, 6.45) is 4.59. The Labute approximate surface area is 98.1 Å². The first kappa shape index (κ1) is 10.9. The normalized spacial score (nSPS) is 10.4. The first-order valence-corrected chi connectivity index (χ1v) is 5.79. The summed E-state index contributed by atoms with van der Waals surface area (Å²) in [5.41, 5.74) is 1.05. The van der Waals surface area contributed by atoms with Crippen molar-refractivity contribution in [1.29, 1.82) is 0 Å². The monoisotopic (exact) mass is 235 g/mol. The van der Waals surface area contributed by atoms with E-state index in [4.69, 9.17) is 0 Å². The number of carbonyl (C=O) groups excluding carboxylic acids is 1. The Hall–Kier alpha value is -1.62. The van der Waals surface area contributed by atoms with Gasteiger partial charge in [-0.3, -0.25) is 4.79 Å². The van der Waals surface area contributed by atoms with E-state index in [1.54, 1.807) is 6.20 Å². The molecule has 5 heteroatoms. The van der Waals surface area contributed by atoms with Crippen molar-refractivity contribution >= 4 is 23.3 Å². The van der Waals surface area contributed by atoms with Gasteiger partial charge in [0, 0.05) is 37.6 Å². The Morgan fingerprint density at radius 2 is 2.44 bits per heavy atom. The molecule has 0 aliphatic heterocycles. The zero-order valence-electron chi connectivity index (χ0n) is 9.25. The van der Waals surface area contributed by atoms with E-state index < -0.39 is 0 Å². The van der Waals surface area contributed by atoms with Crippen LogP contribution in [0.1, 0.15) is 15.5 Å². The van der Waals surface area contributed by atoms with Crippen molar-refractivity contribution in [3.63, 3.8) is 0 Å². The molecule has 0 amide bonds.